The second-order valence-electron chi connectivity index (χ2n) is 15.9. The van der Waals surface area contributed by atoms with Gasteiger partial charge in [-0.1, -0.05) is 158 Å². The van der Waals surface area contributed by atoms with Gasteiger partial charge in [-0.15, -0.1) is 0 Å². The molecular weight excluding hydrogens is 669 g/mol. The van der Waals surface area contributed by atoms with Gasteiger partial charge in [0.05, 0.1) is 10.9 Å². The highest BCUT2D eigenvalue weighted by atomic mass is 16.4. The first-order valence-corrected chi connectivity index (χ1v) is 20.3. The second kappa shape index (κ2) is 20.8. The van der Waals surface area contributed by atoms with Gasteiger partial charge in [-0.2, -0.15) is 0 Å². The molecule has 0 saturated heterocycles. The Morgan fingerprint density at radius 1 is 0.722 bits per heavy atom. The van der Waals surface area contributed by atoms with Gasteiger partial charge >= 0.3 is 5.63 Å². The molecule has 0 fully saturated rings. The zero-order valence-corrected chi connectivity index (χ0v) is 33.8. The van der Waals surface area contributed by atoms with Crippen molar-refractivity contribution < 1.29 is 19.1 Å². The molecule has 1 aliphatic carbocycles. The lowest BCUT2D eigenvalue weighted by Crippen LogP contribution is -2.20. The van der Waals surface area contributed by atoms with Crippen molar-refractivity contribution >= 4 is 22.5 Å². The highest BCUT2D eigenvalue weighted by Crippen LogP contribution is 2.36. The molecular formula is C49H62O5. The average Bonchev–Trinajstić information content (AvgIpc) is 3.16. The summed E-state index contributed by atoms with van der Waals surface area (Å²) in [6.45, 7) is 15.4. The first kappa shape index (κ1) is 42.2. The van der Waals surface area contributed by atoms with Gasteiger partial charge in [0.25, 0.3) is 0 Å². The zero-order valence-electron chi connectivity index (χ0n) is 33.8. The van der Waals surface area contributed by atoms with Crippen molar-refractivity contribution in [2.45, 2.75) is 125 Å². The van der Waals surface area contributed by atoms with E-state index in [-0.39, 0.29) is 23.2 Å². The summed E-state index contributed by atoms with van der Waals surface area (Å²) in [6, 6.07) is 23.9. The molecule has 5 rings (SSSR count). The van der Waals surface area contributed by atoms with Crippen molar-refractivity contribution in [2.24, 2.45) is 17.8 Å². The molecule has 5 nitrogen and oxygen atoms in total. The molecule has 1 heterocycles. The Labute approximate surface area is 323 Å². The van der Waals surface area contributed by atoms with Gasteiger partial charge in [0.2, 0.25) is 0 Å². The highest BCUT2D eigenvalue weighted by molar-refractivity contribution is 6.26. The third-order valence-electron chi connectivity index (χ3n) is 11.1. The number of Topliss-reactive ketones (excluding diaryl/α,β-unsaturated/α-hetero) is 2. The summed E-state index contributed by atoms with van der Waals surface area (Å²) >= 11 is 0. The number of aromatic hydroxyl groups is 1. The van der Waals surface area contributed by atoms with Gasteiger partial charge in [0.1, 0.15) is 11.3 Å². The number of benzene rings is 3. The van der Waals surface area contributed by atoms with Crippen molar-refractivity contribution in [3.05, 3.63) is 134 Å². The molecule has 3 atom stereocenters. The molecule has 0 amide bonds. The van der Waals surface area contributed by atoms with Gasteiger partial charge in [-0.25, -0.2) is 4.79 Å². The summed E-state index contributed by atoms with van der Waals surface area (Å²) in [6.07, 6.45) is 15.1. The van der Waals surface area contributed by atoms with Gasteiger partial charge in [0, 0.05) is 28.2 Å². The lowest BCUT2D eigenvalue weighted by molar-refractivity contribution is 0.0973. The van der Waals surface area contributed by atoms with Crippen LogP contribution in [-0.4, -0.2) is 16.7 Å². The van der Waals surface area contributed by atoms with E-state index in [0.29, 0.717) is 51.6 Å². The standard InChI is InChI=1S/C31H46O2.C18H16O3/c1-22(2)12-9-13-23(3)14-10-15-24(4)16-11-17-25(5)20-21-27-26(6)30(32)28-18-7-8-19-29(28)31(27)33;1-2-13(12-8-4-3-5-9-12)16-17(19)14-10-6-7-11-15(14)21-18(16)20/h7-8,18-20,22-24H,9-17,21H2,1-6H3;3-11,13,19H,2H2,1H3/b25-20+;/t23-,24-;/m1./s1. The number of carbonyl (C=O) groups excluding carboxylic acids is 2. The number of hydrogen-bond donors (Lipinski definition) is 1. The molecule has 5 heteroatoms. The van der Waals surface area contributed by atoms with Crippen LogP contribution >= 0.6 is 0 Å². The normalized spacial score (nSPS) is 14.9. The van der Waals surface area contributed by atoms with E-state index in [9.17, 15) is 19.5 Å². The van der Waals surface area contributed by atoms with Crippen LogP contribution in [0.15, 0.2) is 111 Å². The van der Waals surface area contributed by atoms with Gasteiger partial charge < -0.3 is 9.52 Å². The topological polar surface area (TPSA) is 84.6 Å². The molecule has 0 radical (unpaired) electrons. The summed E-state index contributed by atoms with van der Waals surface area (Å²) in [5.41, 5.74) is 4.96. The first-order chi connectivity index (χ1) is 25.9. The summed E-state index contributed by atoms with van der Waals surface area (Å²) in [5, 5.41) is 11.1. The summed E-state index contributed by atoms with van der Waals surface area (Å²) < 4.78 is 5.36. The maximum Gasteiger partial charge on any atom is 0.343 e. The van der Waals surface area contributed by atoms with Crippen LogP contribution in [0.5, 0.6) is 5.75 Å². The van der Waals surface area contributed by atoms with Crippen molar-refractivity contribution in [3.8, 4) is 5.75 Å². The van der Waals surface area contributed by atoms with Crippen LogP contribution in [0.3, 0.4) is 0 Å². The number of ketones is 2. The zero-order chi connectivity index (χ0) is 39.2. The predicted octanol–water partition coefficient (Wildman–Crippen LogP) is 13.2. The Bertz CT molecular complexity index is 1960. The summed E-state index contributed by atoms with van der Waals surface area (Å²) in [4.78, 5) is 37.8. The number of hydrogen-bond acceptors (Lipinski definition) is 5. The average molecular weight is 731 g/mol. The van der Waals surface area contributed by atoms with Crippen LogP contribution < -0.4 is 5.63 Å². The van der Waals surface area contributed by atoms with E-state index in [1.165, 1.54) is 56.9 Å². The third kappa shape index (κ3) is 11.5. The minimum Gasteiger partial charge on any atom is -0.507 e. The van der Waals surface area contributed by atoms with E-state index in [0.717, 1.165) is 29.7 Å². The molecule has 0 spiro atoms. The van der Waals surface area contributed by atoms with Gasteiger partial charge in [-0.3, -0.25) is 9.59 Å². The summed E-state index contributed by atoms with van der Waals surface area (Å²) in [7, 11) is 0. The van der Waals surface area contributed by atoms with Crippen LogP contribution in [0, 0.1) is 17.8 Å². The molecule has 0 aliphatic heterocycles. The Kier molecular flexibility index (Phi) is 16.3. The van der Waals surface area contributed by atoms with Crippen molar-refractivity contribution in [2.75, 3.05) is 0 Å². The number of fused-ring (bicyclic) bond motifs is 2. The van der Waals surface area contributed by atoms with E-state index in [2.05, 4.69) is 40.7 Å². The van der Waals surface area contributed by atoms with E-state index < -0.39 is 5.63 Å². The van der Waals surface area contributed by atoms with Crippen LogP contribution in [0.4, 0.5) is 0 Å². The maximum atomic E-state index is 12.9. The Hall–Kier alpha value is -4.51. The molecule has 1 unspecified atom stereocenters. The van der Waals surface area contributed by atoms with Crippen LogP contribution in [-0.2, 0) is 0 Å². The molecule has 1 N–H and O–H groups in total. The molecule has 1 aromatic heterocycles. The quantitative estimate of drug-likeness (QED) is 0.0863. The van der Waals surface area contributed by atoms with E-state index in [1.54, 1.807) is 37.3 Å². The predicted molar refractivity (Wildman–Crippen MR) is 224 cm³/mol. The fraction of sp³-hybridized carbons (Fsp3) is 0.449. The number of para-hydroxylation sites is 1. The fourth-order valence-electron chi connectivity index (χ4n) is 7.63. The number of allylic oxidation sites excluding steroid dienone is 4. The van der Waals surface area contributed by atoms with E-state index in [1.807, 2.05) is 55.5 Å². The third-order valence-corrected chi connectivity index (χ3v) is 11.1. The smallest absolute Gasteiger partial charge is 0.343 e. The molecule has 3 aromatic carbocycles. The molecule has 1 aliphatic rings. The number of carbonyl (C=O) groups is 2. The van der Waals surface area contributed by atoms with Gasteiger partial charge in [0.15, 0.2) is 11.6 Å². The summed E-state index contributed by atoms with van der Waals surface area (Å²) in [5.74, 6) is 2.33. The molecule has 0 saturated carbocycles. The second-order valence-corrected chi connectivity index (χ2v) is 15.9. The lowest BCUT2D eigenvalue weighted by Gasteiger charge is -2.18. The lowest BCUT2D eigenvalue weighted by atomic mass is 9.83. The maximum absolute atomic E-state index is 12.9. The van der Waals surface area contributed by atoms with Crippen molar-refractivity contribution in [1.82, 2.24) is 0 Å². The Morgan fingerprint density at radius 2 is 1.28 bits per heavy atom. The molecule has 4 aromatic rings. The van der Waals surface area contributed by atoms with Crippen molar-refractivity contribution in [1.29, 1.82) is 0 Å². The largest absolute Gasteiger partial charge is 0.507 e. The highest BCUT2D eigenvalue weighted by Gasteiger charge is 2.28. The van der Waals surface area contributed by atoms with Crippen LogP contribution in [0.1, 0.15) is 157 Å². The molecule has 54 heavy (non-hydrogen) atoms. The molecule has 0 bridgehead atoms. The van der Waals surface area contributed by atoms with Gasteiger partial charge in [-0.05, 0) is 75.0 Å². The first-order valence-electron chi connectivity index (χ1n) is 20.3. The SMILES string of the molecule is CC1=C(C/C=C(\C)CCC[C@H](C)CCC[C@H](C)CCCC(C)C)C(=O)c2ccccc2C1=O.CCC(c1ccccc1)c1c(O)c2ccccc2oc1=O. The van der Waals surface area contributed by atoms with E-state index >= 15 is 0 Å². The van der Waals surface area contributed by atoms with Crippen LogP contribution in [0.2, 0.25) is 0 Å². The van der Waals surface area contributed by atoms with E-state index in [4.69, 9.17) is 4.42 Å². The minimum atomic E-state index is -0.470. The number of rotatable bonds is 17. The van der Waals surface area contributed by atoms with Crippen molar-refractivity contribution in [3.63, 3.8) is 0 Å². The fourth-order valence-corrected chi connectivity index (χ4v) is 7.63. The molecule has 288 valence electrons. The van der Waals surface area contributed by atoms with Crippen LogP contribution in [0.25, 0.3) is 11.0 Å². The minimum absolute atomic E-state index is 0.00526. The monoisotopic (exact) mass is 730 g/mol. The Balaban J connectivity index is 0.000000264. The Morgan fingerprint density at radius 3 is 1.91 bits per heavy atom.